The molecule has 6 rings (SSSR count). The summed E-state index contributed by atoms with van der Waals surface area (Å²) >= 11 is 0. The summed E-state index contributed by atoms with van der Waals surface area (Å²) in [6, 6.07) is 10.6. The molecule has 2 aliphatic carbocycles. The number of nitrogens with zero attached hydrogens (tertiary/aromatic N) is 4. The number of amides is 1. The summed E-state index contributed by atoms with van der Waals surface area (Å²) in [6.07, 6.45) is 7.86. The fraction of sp³-hybridized carbons (Fsp3) is 0.517. The van der Waals surface area contributed by atoms with Crippen LogP contribution in [0.4, 0.5) is 0 Å². The monoisotopic (exact) mass is 486 g/mol. The second-order valence-corrected chi connectivity index (χ2v) is 11.1. The van der Waals surface area contributed by atoms with Crippen molar-refractivity contribution >= 4 is 22.9 Å². The summed E-state index contributed by atoms with van der Waals surface area (Å²) in [4.78, 5) is 27.2. The molecule has 36 heavy (non-hydrogen) atoms. The van der Waals surface area contributed by atoms with Crippen LogP contribution in [-0.2, 0) is 23.1 Å². The number of benzene rings is 2. The Bertz CT molecular complexity index is 1340. The molecule has 1 N–H and O–H groups in total. The van der Waals surface area contributed by atoms with Crippen molar-refractivity contribution in [3.63, 3.8) is 0 Å². The van der Waals surface area contributed by atoms with Gasteiger partial charge in [0.1, 0.15) is 5.52 Å². The Hall–Kier alpha value is -3.22. The van der Waals surface area contributed by atoms with E-state index < -0.39 is 5.97 Å². The average Bonchev–Trinajstić information content (AvgIpc) is 3.51. The Morgan fingerprint density at radius 1 is 1.14 bits per heavy atom. The predicted octanol–water partition coefficient (Wildman–Crippen LogP) is 4.91. The Balaban J connectivity index is 1.37. The van der Waals surface area contributed by atoms with Crippen LogP contribution in [0.15, 0.2) is 30.3 Å². The number of carbonyl (C=O) groups excluding carboxylic acids is 1. The molecule has 1 saturated heterocycles. The van der Waals surface area contributed by atoms with Crippen molar-refractivity contribution in [2.24, 2.45) is 18.9 Å². The number of aliphatic carboxylic acids is 1. The third-order valence-electron chi connectivity index (χ3n) is 8.93. The molecule has 2 heterocycles. The minimum absolute atomic E-state index is 0.00418. The summed E-state index contributed by atoms with van der Waals surface area (Å²) in [7, 11) is 1.86. The quantitative estimate of drug-likeness (QED) is 0.535. The highest BCUT2D eigenvalue weighted by Crippen LogP contribution is 2.49. The van der Waals surface area contributed by atoms with Crippen LogP contribution in [0, 0.1) is 18.8 Å². The average molecular weight is 487 g/mol. The lowest BCUT2D eigenvalue weighted by Crippen LogP contribution is -2.33. The third-order valence-corrected chi connectivity index (χ3v) is 8.93. The van der Waals surface area contributed by atoms with Crippen LogP contribution < -0.4 is 0 Å². The fourth-order valence-corrected chi connectivity index (χ4v) is 7.11. The normalized spacial score (nSPS) is 22.7. The summed E-state index contributed by atoms with van der Waals surface area (Å²) in [5.41, 5.74) is 7.23. The number of hydrogen-bond acceptors (Lipinski definition) is 4. The zero-order valence-corrected chi connectivity index (χ0v) is 21.1. The Morgan fingerprint density at radius 3 is 2.72 bits per heavy atom. The number of carbonyl (C=O) groups is 2. The Labute approximate surface area is 211 Å². The van der Waals surface area contributed by atoms with Crippen LogP contribution >= 0.6 is 0 Å². The van der Waals surface area contributed by atoms with Crippen molar-refractivity contribution in [1.82, 2.24) is 19.9 Å². The lowest BCUT2D eigenvalue weighted by atomic mass is 9.84. The fourth-order valence-electron chi connectivity index (χ4n) is 7.11. The van der Waals surface area contributed by atoms with Gasteiger partial charge in [-0.05, 0) is 71.9 Å². The molecule has 0 radical (unpaired) electrons. The number of hydrogen-bond donors (Lipinski definition) is 1. The van der Waals surface area contributed by atoms with Crippen LogP contribution in [0.2, 0.25) is 0 Å². The number of carboxylic acids is 1. The SMILES string of the molecule is Cc1c(C(CC(=O)O)c2ccc3c(c2)[C@@H]2[C@@H](CC(=O)N2CC2CCCCC2)C3)ccc2c1nnn2C. The van der Waals surface area contributed by atoms with Gasteiger partial charge in [0.2, 0.25) is 5.91 Å². The summed E-state index contributed by atoms with van der Waals surface area (Å²) in [6.45, 7) is 2.87. The molecular formula is C29H34N4O3. The van der Waals surface area contributed by atoms with Gasteiger partial charge in [0.05, 0.1) is 18.0 Å². The lowest BCUT2D eigenvalue weighted by molar-refractivity contribution is -0.137. The first-order valence-corrected chi connectivity index (χ1v) is 13.3. The van der Waals surface area contributed by atoms with Crippen molar-refractivity contribution in [2.45, 2.75) is 70.3 Å². The van der Waals surface area contributed by atoms with E-state index in [-0.39, 0.29) is 24.3 Å². The number of rotatable bonds is 6. The first kappa shape index (κ1) is 23.2. The minimum Gasteiger partial charge on any atom is -0.481 e. The molecule has 7 nitrogen and oxygen atoms in total. The smallest absolute Gasteiger partial charge is 0.304 e. The number of aromatic nitrogens is 3. The number of carboxylic acid groups (broad SMARTS) is 1. The maximum atomic E-state index is 13.1. The second-order valence-electron chi connectivity index (χ2n) is 11.1. The molecule has 3 aliphatic rings. The van der Waals surface area contributed by atoms with Crippen LogP contribution in [-0.4, -0.2) is 43.4 Å². The highest BCUT2D eigenvalue weighted by atomic mass is 16.4. The summed E-state index contributed by atoms with van der Waals surface area (Å²) in [5, 5.41) is 18.3. The molecule has 2 fully saturated rings. The topological polar surface area (TPSA) is 88.3 Å². The van der Waals surface area contributed by atoms with E-state index in [0.29, 0.717) is 18.3 Å². The van der Waals surface area contributed by atoms with E-state index in [1.165, 1.54) is 43.2 Å². The Kier molecular flexibility index (Phi) is 5.81. The van der Waals surface area contributed by atoms with E-state index in [1.807, 2.05) is 26.1 Å². The van der Waals surface area contributed by atoms with Crippen molar-refractivity contribution in [3.8, 4) is 0 Å². The third kappa shape index (κ3) is 3.89. The molecule has 3 atom stereocenters. The molecule has 3 aromatic rings. The lowest BCUT2D eigenvalue weighted by Gasteiger charge is -2.31. The molecule has 2 aromatic carbocycles. The summed E-state index contributed by atoms with van der Waals surface area (Å²) in [5.74, 6) is 0.114. The zero-order valence-electron chi connectivity index (χ0n) is 21.1. The van der Waals surface area contributed by atoms with Gasteiger partial charge >= 0.3 is 5.97 Å². The number of likely N-dealkylation sites (tertiary alicyclic amines) is 1. The number of fused-ring (bicyclic) bond motifs is 4. The van der Waals surface area contributed by atoms with Crippen molar-refractivity contribution in [1.29, 1.82) is 0 Å². The van der Waals surface area contributed by atoms with Gasteiger partial charge in [-0.25, -0.2) is 4.68 Å². The molecule has 1 unspecified atom stereocenters. The van der Waals surface area contributed by atoms with E-state index in [1.54, 1.807) is 4.68 Å². The van der Waals surface area contributed by atoms with Gasteiger partial charge in [0.15, 0.2) is 0 Å². The Morgan fingerprint density at radius 2 is 1.94 bits per heavy atom. The van der Waals surface area contributed by atoms with Crippen LogP contribution in [0.25, 0.3) is 11.0 Å². The molecule has 0 spiro atoms. The minimum atomic E-state index is -0.827. The van der Waals surface area contributed by atoms with E-state index in [9.17, 15) is 14.7 Å². The van der Waals surface area contributed by atoms with Gasteiger partial charge in [-0.3, -0.25) is 9.59 Å². The molecule has 1 saturated carbocycles. The van der Waals surface area contributed by atoms with Crippen molar-refractivity contribution in [3.05, 3.63) is 58.1 Å². The van der Waals surface area contributed by atoms with E-state index >= 15 is 0 Å². The van der Waals surface area contributed by atoms with Crippen LogP contribution in [0.1, 0.15) is 84.7 Å². The highest BCUT2D eigenvalue weighted by molar-refractivity contribution is 5.81. The maximum Gasteiger partial charge on any atom is 0.304 e. The van der Waals surface area contributed by atoms with E-state index in [2.05, 4.69) is 33.4 Å². The van der Waals surface area contributed by atoms with E-state index in [4.69, 9.17) is 0 Å². The first-order valence-electron chi connectivity index (χ1n) is 13.3. The first-order chi connectivity index (χ1) is 17.4. The maximum absolute atomic E-state index is 13.1. The molecule has 188 valence electrons. The molecule has 7 heteroatoms. The van der Waals surface area contributed by atoms with Crippen LogP contribution in [0.3, 0.4) is 0 Å². The van der Waals surface area contributed by atoms with Gasteiger partial charge in [-0.2, -0.15) is 0 Å². The van der Waals surface area contributed by atoms with Gasteiger partial charge < -0.3 is 10.0 Å². The van der Waals surface area contributed by atoms with E-state index in [0.717, 1.165) is 40.7 Å². The largest absolute Gasteiger partial charge is 0.481 e. The second kappa shape index (κ2) is 9.02. The molecule has 0 bridgehead atoms. The number of aryl methyl sites for hydroxylation is 2. The van der Waals surface area contributed by atoms with Crippen LogP contribution in [0.5, 0.6) is 0 Å². The molecular weight excluding hydrogens is 452 g/mol. The molecule has 1 aliphatic heterocycles. The molecule has 1 aromatic heterocycles. The van der Waals surface area contributed by atoms with Gasteiger partial charge in [0.25, 0.3) is 0 Å². The zero-order chi connectivity index (χ0) is 25.0. The standard InChI is InChI=1S/C29H34N4O3/c1-17-22(10-11-25-28(17)30-31-32(25)2)23(15-27(35)36)20-9-8-19-12-21-14-26(34)33(29(21)24(19)13-20)16-18-6-4-3-5-7-18/h8-11,13,18,21,23,29H,3-7,12,14-16H2,1-2H3,(H,35,36)/t21-,23?,29+/m1/s1. The summed E-state index contributed by atoms with van der Waals surface area (Å²) < 4.78 is 1.74. The highest BCUT2D eigenvalue weighted by Gasteiger charge is 2.46. The van der Waals surface area contributed by atoms with Gasteiger partial charge in [-0.1, -0.05) is 48.7 Å². The van der Waals surface area contributed by atoms with Gasteiger partial charge in [-0.15, -0.1) is 5.10 Å². The van der Waals surface area contributed by atoms with Gasteiger partial charge in [0, 0.05) is 25.9 Å². The van der Waals surface area contributed by atoms with Crippen molar-refractivity contribution < 1.29 is 14.7 Å². The van der Waals surface area contributed by atoms with Crippen molar-refractivity contribution in [2.75, 3.05) is 6.54 Å². The molecule has 1 amide bonds. The predicted molar refractivity (Wildman–Crippen MR) is 137 cm³/mol.